The summed E-state index contributed by atoms with van der Waals surface area (Å²) >= 11 is 0. The Balaban J connectivity index is 2.27. The molecule has 0 aliphatic heterocycles. The summed E-state index contributed by atoms with van der Waals surface area (Å²) in [5.41, 5.74) is 1.18. The van der Waals surface area contributed by atoms with Crippen molar-refractivity contribution in [3.63, 3.8) is 0 Å². The second kappa shape index (κ2) is 6.04. The van der Waals surface area contributed by atoms with Gasteiger partial charge in [0.25, 0.3) is 5.69 Å². The van der Waals surface area contributed by atoms with Crippen LogP contribution in [0.2, 0.25) is 0 Å². The van der Waals surface area contributed by atoms with Crippen molar-refractivity contribution in [1.82, 2.24) is 0 Å². The molecule has 6 nitrogen and oxygen atoms in total. The molecule has 0 saturated carbocycles. The highest BCUT2D eigenvalue weighted by atomic mass is 16.6. The molecule has 6 heteroatoms. The molecule has 0 fully saturated rings. The molecule has 0 aliphatic carbocycles. The quantitative estimate of drug-likeness (QED) is 0.674. The number of aliphatic carboxylic acids is 1. The molecule has 0 bridgehead atoms. The smallest absolute Gasteiger partial charge is 0.344 e. The highest BCUT2D eigenvalue weighted by molar-refractivity contribution is 5.74. The van der Waals surface area contributed by atoms with Crippen LogP contribution in [-0.4, -0.2) is 22.1 Å². The van der Waals surface area contributed by atoms with Gasteiger partial charge in [0.05, 0.1) is 10.5 Å². The molecule has 1 N–H and O–H groups in total. The molecular weight excluding hydrogens is 274 g/mol. The number of carboxylic acid groups (broad SMARTS) is 1. The van der Waals surface area contributed by atoms with Crippen LogP contribution in [0.1, 0.15) is 6.92 Å². The number of nitro benzene ring substituents is 1. The summed E-state index contributed by atoms with van der Waals surface area (Å²) in [6, 6.07) is 12.9. The van der Waals surface area contributed by atoms with Gasteiger partial charge in [-0.15, -0.1) is 0 Å². The van der Waals surface area contributed by atoms with Crippen molar-refractivity contribution in [1.29, 1.82) is 0 Å². The molecule has 108 valence electrons. The number of ether oxygens (including phenoxy) is 1. The van der Waals surface area contributed by atoms with Gasteiger partial charge in [-0.1, -0.05) is 24.3 Å². The van der Waals surface area contributed by atoms with E-state index in [1.807, 2.05) is 0 Å². The van der Waals surface area contributed by atoms with Crippen LogP contribution in [0.15, 0.2) is 48.5 Å². The molecule has 0 amide bonds. The van der Waals surface area contributed by atoms with E-state index in [9.17, 15) is 14.9 Å². The van der Waals surface area contributed by atoms with Crippen LogP contribution in [0.25, 0.3) is 11.1 Å². The third-order valence-corrected chi connectivity index (χ3v) is 2.93. The second-order valence-corrected chi connectivity index (χ2v) is 4.40. The molecular formula is C15H13NO5. The largest absolute Gasteiger partial charge is 0.479 e. The maximum absolute atomic E-state index is 11.0. The highest BCUT2D eigenvalue weighted by Crippen LogP contribution is 2.30. The van der Waals surface area contributed by atoms with Crippen molar-refractivity contribution < 1.29 is 19.6 Å². The van der Waals surface area contributed by atoms with E-state index in [1.54, 1.807) is 42.5 Å². The van der Waals surface area contributed by atoms with Crippen LogP contribution in [0.5, 0.6) is 5.75 Å². The standard InChI is InChI=1S/C15H13NO5/c1-10(15(17)18)21-12-8-6-11(7-9-12)13-4-2-3-5-14(13)16(19)20/h2-10H,1H3,(H,17,18). The van der Waals surface area contributed by atoms with Gasteiger partial charge in [0.2, 0.25) is 0 Å². The van der Waals surface area contributed by atoms with E-state index < -0.39 is 17.0 Å². The number of nitrogens with zero attached hydrogens (tertiary/aromatic N) is 1. The third-order valence-electron chi connectivity index (χ3n) is 2.93. The first-order chi connectivity index (χ1) is 9.99. The van der Waals surface area contributed by atoms with Crippen LogP contribution < -0.4 is 4.74 Å². The summed E-state index contributed by atoms with van der Waals surface area (Å²) in [5.74, 6) is -0.662. The summed E-state index contributed by atoms with van der Waals surface area (Å²) in [6.07, 6.45) is -0.957. The van der Waals surface area contributed by atoms with E-state index in [-0.39, 0.29) is 5.69 Å². The number of rotatable bonds is 5. The lowest BCUT2D eigenvalue weighted by molar-refractivity contribution is -0.384. The predicted octanol–water partition coefficient (Wildman–Crippen LogP) is 3.11. The van der Waals surface area contributed by atoms with E-state index in [4.69, 9.17) is 9.84 Å². The van der Waals surface area contributed by atoms with Crippen molar-refractivity contribution >= 4 is 11.7 Å². The zero-order valence-corrected chi connectivity index (χ0v) is 11.2. The fourth-order valence-corrected chi connectivity index (χ4v) is 1.84. The van der Waals surface area contributed by atoms with Crippen LogP contribution in [0.4, 0.5) is 5.69 Å². The Morgan fingerprint density at radius 1 is 1.19 bits per heavy atom. The Bertz CT molecular complexity index is 666. The first-order valence-electron chi connectivity index (χ1n) is 6.22. The number of carboxylic acids is 1. The summed E-state index contributed by atoms with van der Waals surface area (Å²) in [6.45, 7) is 1.43. The average molecular weight is 287 g/mol. The first kappa shape index (κ1) is 14.5. The molecule has 1 unspecified atom stereocenters. The van der Waals surface area contributed by atoms with Crippen molar-refractivity contribution in [2.24, 2.45) is 0 Å². The summed E-state index contributed by atoms with van der Waals surface area (Å²) in [4.78, 5) is 21.3. The minimum atomic E-state index is -1.06. The minimum Gasteiger partial charge on any atom is -0.479 e. The maximum atomic E-state index is 11.0. The number of hydrogen-bond donors (Lipinski definition) is 1. The molecule has 2 aromatic rings. The van der Waals surface area contributed by atoms with Gasteiger partial charge in [-0.25, -0.2) is 4.79 Å². The summed E-state index contributed by atoms with van der Waals surface area (Å²) in [5, 5.41) is 19.8. The molecule has 2 aromatic carbocycles. The van der Waals surface area contributed by atoms with Crippen LogP contribution in [-0.2, 0) is 4.79 Å². The lowest BCUT2D eigenvalue weighted by Crippen LogP contribution is -2.22. The summed E-state index contributed by atoms with van der Waals surface area (Å²) in [7, 11) is 0. The highest BCUT2D eigenvalue weighted by Gasteiger charge is 2.15. The van der Waals surface area contributed by atoms with Gasteiger partial charge < -0.3 is 9.84 Å². The normalized spacial score (nSPS) is 11.7. The van der Waals surface area contributed by atoms with Gasteiger partial charge in [0.15, 0.2) is 6.10 Å². The molecule has 0 heterocycles. The summed E-state index contributed by atoms with van der Waals surface area (Å²) < 4.78 is 5.21. The number of carbonyl (C=O) groups is 1. The molecule has 0 aromatic heterocycles. The molecule has 2 rings (SSSR count). The monoisotopic (exact) mass is 287 g/mol. The van der Waals surface area contributed by atoms with Gasteiger partial charge in [-0.2, -0.15) is 0 Å². The first-order valence-corrected chi connectivity index (χ1v) is 6.22. The zero-order chi connectivity index (χ0) is 15.4. The van der Waals surface area contributed by atoms with Crippen molar-refractivity contribution in [2.75, 3.05) is 0 Å². The Kier molecular flexibility index (Phi) is 4.18. The molecule has 0 spiro atoms. The van der Waals surface area contributed by atoms with Crippen molar-refractivity contribution in [3.05, 3.63) is 58.6 Å². The molecule has 0 radical (unpaired) electrons. The minimum absolute atomic E-state index is 0.0186. The predicted molar refractivity (Wildman–Crippen MR) is 76.3 cm³/mol. The number of benzene rings is 2. The van der Waals surface area contributed by atoms with Crippen LogP contribution in [0, 0.1) is 10.1 Å². The third kappa shape index (κ3) is 3.36. The van der Waals surface area contributed by atoms with Crippen molar-refractivity contribution in [2.45, 2.75) is 13.0 Å². The van der Waals surface area contributed by atoms with Gasteiger partial charge in [-0.05, 0) is 30.7 Å². The number of nitro groups is 1. The lowest BCUT2D eigenvalue weighted by Gasteiger charge is -2.10. The Hall–Kier alpha value is -2.89. The van der Waals surface area contributed by atoms with Gasteiger partial charge in [0, 0.05) is 6.07 Å². The topological polar surface area (TPSA) is 89.7 Å². The SMILES string of the molecule is CC(Oc1ccc(-c2ccccc2[N+](=O)[O-])cc1)C(=O)O. The van der Waals surface area contributed by atoms with E-state index in [0.29, 0.717) is 16.9 Å². The fourth-order valence-electron chi connectivity index (χ4n) is 1.84. The molecule has 1 atom stereocenters. The Morgan fingerprint density at radius 2 is 1.81 bits per heavy atom. The van der Waals surface area contributed by atoms with Gasteiger partial charge in [0.1, 0.15) is 5.75 Å². The molecule has 0 saturated heterocycles. The maximum Gasteiger partial charge on any atom is 0.344 e. The van der Waals surface area contributed by atoms with E-state index in [1.165, 1.54) is 13.0 Å². The Labute approximate surface area is 120 Å². The average Bonchev–Trinajstić information content (AvgIpc) is 2.48. The van der Waals surface area contributed by atoms with E-state index in [2.05, 4.69) is 0 Å². The van der Waals surface area contributed by atoms with Gasteiger partial charge >= 0.3 is 5.97 Å². The van der Waals surface area contributed by atoms with Crippen LogP contribution >= 0.6 is 0 Å². The van der Waals surface area contributed by atoms with E-state index in [0.717, 1.165) is 0 Å². The van der Waals surface area contributed by atoms with E-state index >= 15 is 0 Å². The van der Waals surface area contributed by atoms with Crippen LogP contribution in [0.3, 0.4) is 0 Å². The van der Waals surface area contributed by atoms with Crippen molar-refractivity contribution in [3.8, 4) is 16.9 Å². The molecule has 0 aliphatic rings. The molecule has 21 heavy (non-hydrogen) atoms. The Morgan fingerprint density at radius 3 is 2.38 bits per heavy atom. The second-order valence-electron chi connectivity index (χ2n) is 4.40. The number of hydrogen-bond acceptors (Lipinski definition) is 4. The van der Waals surface area contributed by atoms with Gasteiger partial charge in [-0.3, -0.25) is 10.1 Å². The lowest BCUT2D eigenvalue weighted by atomic mass is 10.0. The zero-order valence-electron chi connectivity index (χ0n) is 11.2. The number of para-hydroxylation sites is 1. The fraction of sp³-hybridized carbons (Fsp3) is 0.133.